The molecule has 0 bridgehead atoms. The van der Waals surface area contributed by atoms with Crippen molar-refractivity contribution in [3.63, 3.8) is 0 Å². The van der Waals surface area contributed by atoms with Gasteiger partial charge in [0.15, 0.2) is 0 Å². The lowest BCUT2D eigenvalue weighted by molar-refractivity contribution is -0.137. The van der Waals surface area contributed by atoms with Crippen LogP contribution >= 0.6 is 11.6 Å². The van der Waals surface area contributed by atoms with Crippen LogP contribution in [0.1, 0.15) is 19.8 Å². The zero-order valence-corrected chi connectivity index (χ0v) is 10.2. The van der Waals surface area contributed by atoms with Gasteiger partial charge in [0.1, 0.15) is 5.70 Å². The third kappa shape index (κ3) is 7.06. The second-order valence-electron chi connectivity index (χ2n) is 3.01. The SMILES string of the molecule is COC(=O)/C(=C/C=C/CCCCl)NC(C)=O. The molecule has 90 valence electrons. The van der Waals surface area contributed by atoms with Crippen molar-refractivity contribution in [2.24, 2.45) is 0 Å². The van der Waals surface area contributed by atoms with E-state index >= 15 is 0 Å². The van der Waals surface area contributed by atoms with Crippen LogP contribution < -0.4 is 5.32 Å². The van der Waals surface area contributed by atoms with Crippen LogP contribution in [0, 0.1) is 0 Å². The number of carbonyl (C=O) groups excluding carboxylic acids is 2. The van der Waals surface area contributed by atoms with Crippen molar-refractivity contribution in [1.29, 1.82) is 0 Å². The van der Waals surface area contributed by atoms with Crippen molar-refractivity contribution in [1.82, 2.24) is 5.32 Å². The van der Waals surface area contributed by atoms with Gasteiger partial charge in [0.25, 0.3) is 0 Å². The van der Waals surface area contributed by atoms with Crippen LogP contribution in [-0.2, 0) is 14.3 Å². The molecule has 0 aromatic rings. The van der Waals surface area contributed by atoms with Gasteiger partial charge in [0, 0.05) is 12.8 Å². The van der Waals surface area contributed by atoms with Gasteiger partial charge in [-0.1, -0.05) is 12.2 Å². The number of nitrogens with one attached hydrogen (secondary N) is 1. The summed E-state index contributed by atoms with van der Waals surface area (Å²) in [7, 11) is 1.26. The molecule has 0 aromatic carbocycles. The van der Waals surface area contributed by atoms with Crippen LogP contribution in [0.3, 0.4) is 0 Å². The molecule has 0 saturated heterocycles. The first kappa shape index (κ1) is 14.7. The van der Waals surface area contributed by atoms with E-state index in [9.17, 15) is 9.59 Å². The summed E-state index contributed by atoms with van der Waals surface area (Å²) in [5.74, 6) is -0.285. The minimum Gasteiger partial charge on any atom is -0.464 e. The first-order valence-corrected chi connectivity index (χ1v) is 5.44. The zero-order valence-electron chi connectivity index (χ0n) is 9.46. The predicted molar refractivity (Wildman–Crippen MR) is 63.0 cm³/mol. The molecule has 0 spiro atoms. The Kier molecular flexibility index (Phi) is 8.25. The van der Waals surface area contributed by atoms with Gasteiger partial charge in [0.2, 0.25) is 5.91 Å². The molecule has 0 unspecified atom stereocenters. The van der Waals surface area contributed by atoms with E-state index in [0.29, 0.717) is 5.88 Å². The zero-order chi connectivity index (χ0) is 12.4. The van der Waals surface area contributed by atoms with Crippen molar-refractivity contribution in [3.8, 4) is 0 Å². The number of hydrogen-bond donors (Lipinski definition) is 1. The van der Waals surface area contributed by atoms with Gasteiger partial charge < -0.3 is 10.1 Å². The highest BCUT2D eigenvalue weighted by Crippen LogP contribution is 1.97. The molecule has 1 N–H and O–H groups in total. The number of carbonyl (C=O) groups is 2. The Morgan fingerprint density at radius 2 is 2.12 bits per heavy atom. The second-order valence-corrected chi connectivity index (χ2v) is 3.39. The standard InChI is InChI=1S/C11H16ClNO3/c1-9(14)13-10(11(15)16-2)7-5-3-4-6-8-12/h3,5,7H,4,6,8H2,1-2H3,(H,13,14)/b5-3+,10-7-. The molecule has 0 saturated carbocycles. The number of methoxy groups -OCH3 is 1. The van der Waals surface area contributed by atoms with Crippen LogP contribution in [0.4, 0.5) is 0 Å². The largest absolute Gasteiger partial charge is 0.464 e. The fraction of sp³-hybridized carbons (Fsp3) is 0.455. The molecule has 0 rings (SSSR count). The summed E-state index contributed by atoms with van der Waals surface area (Å²) < 4.78 is 4.51. The fourth-order valence-corrected chi connectivity index (χ4v) is 1.07. The molecule has 0 aliphatic heterocycles. The average Bonchev–Trinajstić information content (AvgIpc) is 2.25. The van der Waals surface area contributed by atoms with Crippen LogP contribution in [0.15, 0.2) is 23.9 Å². The van der Waals surface area contributed by atoms with Gasteiger partial charge in [-0.15, -0.1) is 11.6 Å². The minimum atomic E-state index is -0.572. The maximum atomic E-state index is 11.2. The lowest BCUT2D eigenvalue weighted by atomic mass is 10.3. The molecular weight excluding hydrogens is 230 g/mol. The summed E-state index contributed by atoms with van der Waals surface area (Å²) >= 11 is 5.50. The Morgan fingerprint density at radius 3 is 2.62 bits per heavy atom. The van der Waals surface area contributed by atoms with Gasteiger partial charge in [-0.05, 0) is 18.9 Å². The third-order valence-corrected chi connectivity index (χ3v) is 1.89. The Hall–Kier alpha value is -1.29. The van der Waals surface area contributed by atoms with E-state index in [4.69, 9.17) is 11.6 Å². The molecule has 16 heavy (non-hydrogen) atoms. The Morgan fingerprint density at radius 1 is 1.44 bits per heavy atom. The Labute approximate surface area is 100 Å². The van der Waals surface area contributed by atoms with Crippen molar-refractivity contribution < 1.29 is 14.3 Å². The molecule has 0 aliphatic rings. The number of halogens is 1. The Balaban J connectivity index is 4.38. The van der Waals surface area contributed by atoms with E-state index in [1.165, 1.54) is 20.1 Å². The van der Waals surface area contributed by atoms with Crippen LogP contribution in [0.25, 0.3) is 0 Å². The summed E-state index contributed by atoms with van der Waals surface area (Å²) in [6.07, 6.45) is 6.76. The van der Waals surface area contributed by atoms with Crippen molar-refractivity contribution in [3.05, 3.63) is 23.9 Å². The molecule has 0 aliphatic carbocycles. The average molecular weight is 246 g/mol. The quantitative estimate of drug-likeness (QED) is 0.255. The number of allylic oxidation sites excluding steroid dienone is 3. The van der Waals surface area contributed by atoms with E-state index < -0.39 is 5.97 Å². The highest BCUT2D eigenvalue weighted by molar-refractivity contribution is 6.17. The van der Waals surface area contributed by atoms with E-state index in [2.05, 4.69) is 10.1 Å². The number of hydrogen-bond acceptors (Lipinski definition) is 3. The number of alkyl halides is 1. The molecule has 1 amide bonds. The smallest absolute Gasteiger partial charge is 0.354 e. The summed E-state index contributed by atoms with van der Waals surface area (Å²) in [6.45, 7) is 1.33. The first-order chi connectivity index (χ1) is 7.61. The lowest BCUT2D eigenvalue weighted by Gasteiger charge is -2.03. The summed E-state index contributed by atoms with van der Waals surface area (Å²) in [6, 6.07) is 0. The molecule has 0 radical (unpaired) electrons. The number of esters is 1. The summed E-state index contributed by atoms with van der Waals surface area (Å²) in [5.41, 5.74) is 0.122. The Bertz CT molecular complexity index is 298. The fourth-order valence-electron chi connectivity index (χ4n) is 0.916. The second kappa shape index (κ2) is 8.97. The number of ether oxygens (including phenoxy) is 1. The predicted octanol–water partition coefficient (Wildman–Crippen LogP) is 1.75. The molecule has 5 heteroatoms. The lowest BCUT2D eigenvalue weighted by Crippen LogP contribution is -2.25. The van der Waals surface area contributed by atoms with Crippen molar-refractivity contribution in [2.45, 2.75) is 19.8 Å². The molecule has 0 fully saturated rings. The van der Waals surface area contributed by atoms with Gasteiger partial charge in [-0.2, -0.15) is 0 Å². The normalized spacial score (nSPS) is 11.6. The topological polar surface area (TPSA) is 55.4 Å². The maximum Gasteiger partial charge on any atom is 0.354 e. The van der Waals surface area contributed by atoms with Crippen molar-refractivity contribution in [2.75, 3.05) is 13.0 Å². The highest BCUT2D eigenvalue weighted by Gasteiger charge is 2.09. The monoisotopic (exact) mass is 245 g/mol. The molecule has 4 nitrogen and oxygen atoms in total. The summed E-state index contributed by atoms with van der Waals surface area (Å²) in [5, 5.41) is 2.39. The third-order valence-electron chi connectivity index (χ3n) is 1.62. The van der Waals surface area contributed by atoms with Crippen LogP contribution in [0.5, 0.6) is 0 Å². The van der Waals surface area contributed by atoms with Crippen LogP contribution in [0.2, 0.25) is 0 Å². The molecule has 0 aromatic heterocycles. The van der Waals surface area contributed by atoms with Gasteiger partial charge in [0.05, 0.1) is 7.11 Å². The molecule has 0 heterocycles. The van der Waals surface area contributed by atoms with E-state index in [-0.39, 0.29) is 11.6 Å². The van der Waals surface area contributed by atoms with Crippen LogP contribution in [-0.4, -0.2) is 24.9 Å². The molecule has 0 atom stereocenters. The van der Waals surface area contributed by atoms with Gasteiger partial charge in [-0.3, -0.25) is 4.79 Å². The highest BCUT2D eigenvalue weighted by atomic mass is 35.5. The number of amides is 1. The summed E-state index contributed by atoms with van der Waals surface area (Å²) in [4.78, 5) is 22.0. The van der Waals surface area contributed by atoms with Crippen molar-refractivity contribution >= 4 is 23.5 Å². The first-order valence-electron chi connectivity index (χ1n) is 4.90. The number of unbranched alkanes of at least 4 members (excludes halogenated alkanes) is 1. The molecular formula is C11H16ClNO3. The van der Waals surface area contributed by atoms with E-state index in [1.54, 1.807) is 6.08 Å². The maximum absolute atomic E-state index is 11.2. The van der Waals surface area contributed by atoms with E-state index in [0.717, 1.165) is 12.8 Å². The minimum absolute atomic E-state index is 0.122. The van der Waals surface area contributed by atoms with Gasteiger partial charge >= 0.3 is 5.97 Å². The van der Waals surface area contributed by atoms with Gasteiger partial charge in [-0.25, -0.2) is 4.79 Å². The van der Waals surface area contributed by atoms with E-state index in [1.807, 2.05) is 6.08 Å². The number of rotatable bonds is 6.